The van der Waals surface area contributed by atoms with Crippen LogP contribution >= 0.6 is 0 Å². The Morgan fingerprint density at radius 1 is 1.31 bits per heavy atom. The highest BCUT2D eigenvalue weighted by Gasteiger charge is 2.23. The van der Waals surface area contributed by atoms with Gasteiger partial charge < -0.3 is 19.7 Å². The van der Waals surface area contributed by atoms with Gasteiger partial charge >= 0.3 is 5.97 Å². The third-order valence-electron chi connectivity index (χ3n) is 3.98. The lowest BCUT2D eigenvalue weighted by Crippen LogP contribution is -2.14. The van der Waals surface area contributed by atoms with Crippen LogP contribution in [-0.2, 0) is 6.54 Å². The van der Waals surface area contributed by atoms with Gasteiger partial charge in [0, 0.05) is 17.8 Å². The molecule has 0 radical (unpaired) electrons. The molecule has 2 heterocycles. The SMILES string of the molecule is COc1ccc(-c2onc(NCCn3nc(C)cc3C)c2C(=O)O)cc1. The highest BCUT2D eigenvalue weighted by Crippen LogP contribution is 2.30. The van der Waals surface area contributed by atoms with E-state index in [9.17, 15) is 9.90 Å². The van der Waals surface area contributed by atoms with Crippen LogP contribution < -0.4 is 10.1 Å². The van der Waals surface area contributed by atoms with E-state index >= 15 is 0 Å². The number of carboxylic acids is 1. The molecule has 3 aromatic rings. The lowest BCUT2D eigenvalue weighted by molar-refractivity contribution is 0.0698. The van der Waals surface area contributed by atoms with Crippen LogP contribution in [-0.4, -0.2) is 39.7 Å². The molecule has 0 aliphatic rings. The van der Waals surface area contributed by atoms with Crippen molar-refractivity contribution in [1.82, 2.24) is 14.9 Å². The molecule has 0 spiro atoms. The number of rotatable bonds is 7. The van der Waals surface area contributed by atoms with Gasteiger partial charge in [0.2, 0.25) is 0 Å². The summed E-state index contributed by atoms with van der Waals surface area (Å²) in [5, 5.41) is 20.9. The predicted molar refractivity (Wildman–Crippen MR) is 95.6 cm³/mol. The van der Waals surface area contributed by atoms with Crippen molar-refractivity contribution in [3.63, 3.8) is 0 Å². The molecule has 8 nitrogen and oxygen atoms in total. The van der Waals surface area contributed by atoms with E-state index in [1.54, 1.807) is 31.4 Å². The lowest BCUT2D eigenvalue weighted by Gasteiger charge is -2.06. The first-order chi connectivity index (χ1) is 12.5. The van der Waals surface area contributed by atoms with E-state index in [4.69, 9.17) is 9.26 Å². The van der Waals surface area contributed by atoms with E-state index in [1.807, 2.05) is 24.6 Å². The number of nitrogens with one attached hydrogen (secondary N) is 1. The number of benzene rings is 1. The molecule has 0 saturated carbocycles. The van der Waals surface area contributed by atoms with Gasteiger partial charge in [0.1, 0.15) is 5.75 Å². The molecule has 0 fully saturated rings. The highest BCUT2D eigenvalue weighted by molar-refractivity contribution is 5.99. The average Bonchev–Trinajstić information content (AvgIpc) is 3.18. The molecule has 0 aliphatic carbocycles. The molecular weight excluding hydrogens is 336 g/mol. The standard InChI is InChI=1S/C18H20N4O4/c1-11-10-12(2)22(20-11)9-8-19-17-15(18(23)24)16(26-21-17)13-4-6-14(25-3)7-5-13/h4-7,10H,8-9H2,1-3H3,(H,19,21)(H,23,24). The minimum atomic E-state index is -1.11. The number of carbonyl (C=O) groups is 1. The van der Waals surface area contributed by atoms with Gasteiger partial charge in [-0.25, -0.2) is 4.79 Å². The normalized spacial score (nSPS) is 10.7. The van der Waals surface area contributed by atoms with Crippen LogP contribution in [0.1, 0.15) is 21.7 Å². The first-order valence-electron chi connectivity index (χ1n) is 8.12. The van der Waals surface area contributed by atoms with Crippen LogP contribution in [0.5, 0.6) is 5.75 Å². The molecule has 0 saturated heterocycles. The molecule has 26 heavy (non-hydrogen) atoms. The molecule has 2 aromatic heterocycles. The molecular formula is C18H20N4O4. The number of hydrogen-bond acceptors (Lipinski definition) is 6. The van der Waals surface area contributed by atoms with Crippen LogP contribution in [0, 0.1) is 13.8 Å². The number of carboxylic acid groups (broad SMARTS) is 1. The Kier molecular flexibility index (Phi) is 4.92. The van der Waals surface area contributed by atoms with E-state index < -0.39 is 5.97 Å². The fourth-order valence-electron chi connectivity index (χ4n) is 2.73. The predicted octanol–water partition coefficient (Wildman–Crippen LogP) is 2.97. The minimum Gasteiger partial charge on any atom is -0.497 e. The molecule has 8 heteroatoms. The van der Waals surface area contributed by atoms with Crippen molar-refractivity contribution in [1.29, 1.82) is 0 Å². The maximum Gasteiger partial charge on any atom is 0.343 e. The van der Waals surface area contributed by atoms with Crippen molar-refractivity contribution in [2.24, 2.45) is 0 Å². The number of ether oxygens (including phenoxy) is 1. The highest BCUT2D eigenvalue weighted by atomic mass is 16.5. The fourth-order valence-corrected chi connectivity index (χ4v) is 2.73. The summed E-state index contributed by atoms with van der Waals surface area (Å²) < 4.78 is 12.3. The summed E-state index contributed by atoms with van der Waals surface area (Å²) in [5.41, 5.74) is 2.60. The molecule has 0 aliphatic heterocycles. The number of nitrogens with zero attached hydrogens (tertiary/aromatic N) is 3. The zero-order valence-corrected chi connectivity index (χ0v) is 14.8. The topological polar surface area (TPSA) is 102 Å². The van der Waals surface area contributed by atoms with E-state index in [0.717, 1.165) is 11.4 Å². The van der Waals surface area contributed by atoms with Gasteiger partial charge in [-0.3, -0.25) is 4.68 Å². The molecule has 1 aromatic carbocycles. The molecule has 3 rings (SSSR count). The number of methoxy groups -OCH3 is 1. The van der Waals surface area contributed by atoms with E-state index in [-0.39, 0.29) is 17.1 Å². The Balaban J connectivity index is 1.78. The quantitative estimate of drug-likeness (QED) is 0.671. The number of aryl methyl sites for hydroxylation is 2. The van der Waals surface area contributed by atoms with Crippen molar-refractivity contribution in [3.05, 3.63) is 47.3 Å². The summed E-state index contributed by atoms with van der Waals surface area (Å²) in [6, 6.07) is 8.91. The molecule has 0 amide bonds. The van der Waals surface area contributed by atoms with Crippen LogP contribution in [0.2, 0.25) is 0 Å². The van der Waals surface area contributed by atoms with Gasteiger partial charge in [0.15, 0.2) is 17.1 Å². The third kappa shape index (κ3) is 3.53. The van der Waals surface area contributed by atoms with Crippen LogP contribution in [0.3, 0.4) is 0 Å². The lowest BCUT2D eigenvalue weighted by atomic mass is 10.1. The van der Waals surface area contributed by atoms with E-state index in [2.05, 4.69) is 15.6 Å². The molecule has 136 valence electrons. The van der Waals surface area contributed by atoms with Gasteiger partial charge in [-0.2, -0.15) is 5.10 Å². The second-order valence-corrected chi connectivity index (χ2v) is 5.85. The molecule has 2 N–H and O–H groups in total. The summed E-state index contributed by atoms with van der Waals surface area (Å²) >= 11 is 0. The minimum absolute atomic E-state index is 0.00327. The van der Waals surface area contributed by atoms with Crippen LogP contribution in [0.4, 0.5) is 5.82 Å². The summed E-state index contributed by atoms with van der Waals surface area (Å²) in [5.74, 6) is -0.0299. The van der Waals surface area contributed by atoms with Crippen molar-refractivity contribution >= 4 is 11.8 Å². The van der Waals surface area contributed by atoms with Gasteiger partial charge in [0.05, 0.1) is 19.3 Å². The van der Waals surface area contributed by atoms with Crippen LogP contribution in [0.15, 0.2) is 34.9 Å². The maximum absolute atomic E-state index is 11.7. The smallest absolute Gasteiger partial charge is 0.343 e. The van der Waals surface area contributed by atoms with E-state index in [0.29, 0.717) is 24.4 Å². The van der Waals surface area contributed by atoms with Gasteiger partial charge in [-0.1, -0.05) is 5.16 Å². The Morgan fingerprint density at radius 2 is 2.04 bits per heavy atom. The van der Waals surface area contributed by atoms with Crippen molar-refractivity contribution in [2.45, 2.75) is 20.4 Å². The Bertz CT molecular complexity index is 912. The Morgan fingerprint density at radius 3 is 2.62 bits per heavy atom. The largest absolute Gasteiger partial charge is 0.497 e. The van der Waals surface area contributed by atoms with Crippen molar-refractivity contribution < 1.29 is 19.2 Å². The van der Waals surface area contributed by atoms with Gasteiger partial charge in [0.25, 0.3) is 0 Å². The van der Waals surface area contributed by atoms with Crippen LogP contribution in [0.25, 0.3) is 11.3 Å². The van der Waals surface area contributed by atoms with Crippen molar-refractivity contribution in [2.75, 3.05) is 19.0 Å². The third-order valence-corrected chi connectivity index (χ3v) is 3.98. The molecule has 0 atom stereocenters. The summed E-state index contributed by atoms with van der Waals surface area (Å²) in [4.78, 5) is 11.7. The second kappa shape index (κ2) is 7.30. The molecule has 0 bridgehead atoms. The number of hydrogen-bond donors (Lipinski definition) is 2. The second-order valence-electron chi connectivity index (χ2n) is 5.85. The van der Waals surface area contributed by atoms with Crippen molar-refractivity contribution in [3.8, 4) is 17.1 Å². The zero-order valence-electron chi connectivity index (χ0n) is 14.8. The Labute approximate surface area is 150 Å². The van der Waals surface area contributed by atoms with E-state index in [1.165, 1.54) is 0 Å². The molecule has 0 unspecified atom stereocenters. The average molecular weight is 356 g/mol. The zero-order chi connectivity index (χ0) is 18.7. The number of aromatic nitrogens is 3. The summed E-state index contributed by atoms with van der Waals surface area (Å²) in [7, 11) is 1.57. The van der Waals surface area contributed by atoms with Gasteiger partial charge in [-0.15, -0.1) is 0 Å². The fraction of sp³-hybridized carbons (Fsp3) is 0.278. The maximum atomic E-state index is 11.7. The summed E-state index contributed by atoms with van der Waals surface area (Å²) in [6.45, 7) is 4.96. The summed E-state index contributed by atoms with van der Waals surface area (Å²) in [6.07, 6.45) is 0. The monoisotopic (exact) mass is 356 g/mol. The first kappa shape index (κ1) is 17.5. The number of anilines is 1. The Hall–Kier alpha value is -3.29. The van der Waals surface area contributed by atoms with Gasteiger partial charge in [-0.05, 0) is 44.2 Å². The first-order valence-corrected chi connectivity index (χ1v) is 8.12. The number of aromatic carboxylic acids is 1.